The number of nitrogens with zero attached hydrogens (tertiary/aromatic N) is 1. The quantitative estimate of drug-likeness (QED) is 0.724. The van der Waals surface area contributed by atoms with E-state index in [1.54, 1.807) is 7.11 Å². The summed E-state index contributed by atoms with van der Waals surface area (Å²) >= 11 is 0. The summed E-state index contributed by atoms with van der Waals surface area (Å²) in [5.74, 6) is 0.709. The average molecular weight is 289 g/mol. The molecule has 1 amide bonds. The van der Waals surface area contributed by atoms with Crippen LogP contribution in [0.25, 0.3) is 0 Å². The van der Waals surface area contributed by atoms with Gasteiger partial charge in [-0.05, 0) is 24.0 Å². The zero-order chi connectivity index (χ0) is 15.2. The average Bonchev–Trinajstić information content (AvgIpc) is 2.84. The first-order valence-electron chi connectivity index (χ1n) is 7.53. The maximum absolute atomic E-state index is 11.9. The molecule has 1 fully saturated rings. The van der Waals surface area contributed by atoms with Crippen molar-refractivity contribution in [3.63, 3.8) is 0 Å². The number of hydrogen-bond acceptors (Lipinski definition) is 3. The summed E-state index contributed by atoms with van der Waals surface area (Å²) in [6.45, 7) is 3.91. The minimum absolute atomic E-state index is 0.168. The van der Waals surface area contributed by atoms with Gasteiger partial charge in [0.25, 0.3) is 0 Å². The van der Waals surface area contributed by atoms with Crippen LogP contribution in [-0.4, -0.2) is 43.4 Å². The number of carbonyl (C=O) groups excluding carboxylic acids is 2. The maximum Gasteiger partial charge on any atom is 0.223 e. The van der Waals surface area contributed by atoms with Crippen LogP contribution in [0.1, 0.15) is 35.7 Å². The molecule has 0 spiro atoms. The summed E-state index contributed by atoms with van der Waals surface area (Å²) in [5, 5.41) is 0. The molecule has 0 unspecified atom stereocenters. The van der Waals surface area contributed by atoms with E-state index >= 15 is 0 Å². The van der Waals surface area contributed by atoms with E-state index in [1.165, 1.54) is 0 Å². The van der Waals surface area contributed by atoms with Crippen LogP contribution in [0, 0.1) is 5.92 Å². The number of ketones is 1. The highest BCUT2D eigenvalue weighted by atomic mass is 16.5. The number of carbonyl (C=O) groups is 2. The van der Waals surface area contributed by atoms with E-state index in [2.05, 4.69) is 0 Å². The summed E-state index contributed by atoms with van der Waals surface area (Å²) in [6, 6.07) is 7.79. The first kappa shape index (κ1) is 15.7. The van der Waals surface area contributed by atoms with Crippen LogP contribution in [0.15, 0.2) is 24.3 Å². The van der Waals surface area contributed by atoms with Crippen LogP contribution >= 0.6 is 0 Å². The second-order valence-electron chi connectivity index (χ2n) is 5.58. The van der Waals surface area contributed by atoms with E-state index in [4.69, 9.17) is 4.74 Å². The molecule has 1 saturated heterocycles. The fraction of sp³-hybridized carbons (Fsp3) is 0.529. The molecule has 4 nitrogen and oxygen atoms in total. The molecule has 0 aliphatic carbocycles. The number of amides is 1. The third-order valence-corrected chi connectivity index (χ3v) is 3.95. The van der Waals surface area contributed by atoms with Crippen molar-refractivity contribution >= 4 is 11.7 Å². The molecule has 1 heterocycles. The van der Waals surface area contributed by atoms with Crippen molar-refractivity contribution in [2.45, 2.75) is 26.2 Å². The van der Waals surface area contributed by atoms with E-state index in [-0.39, 0.29) is 11.7 Å². The molecule has 1 atom stereocenters. The van der Waals surface area contributed by atoms with E-state index in [9.17, 15) is 9.59 Å². The Balaban J connectivity index is 1.96. The molecule has 0 aromatic heterocycles. The Hall–Kier alpha value is -1.68. The fourth-order valence-electron chi connectivity index (χ4n) is 2.82. The van der Waals surface area contributed by atoms with Crippen molar-refractivity contribution in [2.75, 3.05) is 26.8 Å². The lowest BCUT2D eigenvalue weighted by Gasteiger charge is -2.16. The first-order chi connectivity index (χ1) is 10.1. The Morgan fingerprint density at radius 1 is 1.43 bits per heavy atom. The van der Waals surface area contributed by atoms with Crippen LogP contribution in [0.4, 0.5) is 0 Å². The number of likely N-dealkylation sites (tertiary alicyclic amines) is 1. The van der Waals surface area contributed by atoms with Gasteiger partial charge in [0.1, 0.15) is 0 Å². The Kier molecular flexibility index (Phi) is 5.51. The number of Topliss-reactive ketones (excluding diaryl/α,β-unsaturated/α-hetero) is 1. The van der Waals surface area contributed by atoms with Gasteiger partial charge in [0.05, 0.1) is 6.61 Å². The third kappa shape index (κ3) is 4.14. The second-order valence-corrected chi connectivity index (χ2v) is 5.58. The lowest BCUT2D eigenvalue weighted by atomic mass is 9.96. The number of hydrogen-bond donors (Lipinski definition) is 0. The largest absolute Gasteiger partial charge is 0.383 e. The Morgan fingerprint density at radius 2 is 2.24 bits per heavy atom. The zero-order valence-corrected chi connectivity index (χ0v) is 12.8. The molecular weight excluding hydrogens is 266 g/mol. The smallest absolute Gasteiger partial charge is 0.223 e. The third-order valence-electron chi connectivity index (χ3n) is 3.95. The first-order valence-corrected chi connectivity index (χ1v) is 7.53. The molecule has 1 aliphatic heterocycles. The monoisotopic (exact) mass is 289 g/mol. The van der Waals surface area contributed by atoms with Crippen molar-refractivity contribution in [3.05, 3.63) is 35.4 Å². The fourth-order valence-corrected chi connectivity index (χ4v) is 2.82. The molecule has 1 aromatic carbocycles. The molecule has 0 N–H and O–H groups in total. The Labute approximate surface area is 126 Å². The summed E-state index contributed by atoms with van der Waals surface area (Å²) in [4.78, 5) is 25.5. The molecule has 0 bridgehead atoms. The van der Waals surface area contributed by atoms with Gasteiger partial charge in [-0.2, -0.15) is 0 Å². The molecule has 1 aliphatic rings. The van der Waals surface area contributed by atoms with Crippen molar-refractivity contribution in [1.82, 2.24) is 4.90 Å². The normalized spacial score (nSPS) is 18.3. The van der Waals surface area contributed by atoms with Crippen LogP contribution < -0.4 is 0 Å². The predicted molar refractivity (Wildman–Crippen MR) is 81.3 cm³/mol. The molecule has 21 heavy (non-hydrogen) atoms. The van der Waals surface area contributed by atoms with E-state index in [0.29, 0.717) is 31.9 Å². The summed E-state index contributed by atoms with van der Waals surface area (Å²) in [5.41, 5.74) is 1.91. The summed E-state index contributed by atoms with van der Waals surface area (Å²) in [7, 11) is 1.65. The second kappa shape index (κ2) is 7.36. The summed E-state index contributed by atoms with van der Waals surface area (Å²) in [6.07, 6.45) is 1.96. The molecule has 0 saturated carbocycles. The van der Waals surface area contributed by atoms with Crippen molar-refractivity contribution < 1.29 is 14.3 Å². The lowest BCUT2D eigenvalue weighted by Crippen LogP contribution is -2.28. The number of benzene rings is 1. The van der Waals surface area contributed by atoms with Crippen LogP contribution in [0.3, 0.4) is 0 Å². The highest BCUT2D eigenvalue weighted by Crippen LogP contribution is 2.22. The molecule has 1 aromatic rings. The van der Waals surface area contributed by atoms with Gasteiger partial charge >= 0.3 is 0 Å². The maximum atomic E-state index is 11.9. The standard InChI is InChI=1S/C17H23NO3/c1-3-16(19)15-6-4-5-13(10-15)9-14-11-17(20)18(12-14)7-8-21-2/h4-6,10,14H,3,7-9,11-12H2,1-2H3/t14-/m0/s1. The molecule has 2 rings (SSSR count). The summed E-state index contributed by atoms with van der Waals surface area (Å²) < 4.78 is 5.03. The van der Waals surface area contributed by atoms with Crippen LogP contribution in [0.2, 0.25) is 0 Å². The number of methoxy groups -OCH3 is 1. The van der Waals surface area contributed by atoms with Gasteiger partial charge in [-0.3, -0.25) is 9.59 Å². The lowest BCUT2D eigenvalue weighted by molar-refractivity contribution is -0.128. The number of ether oxygens (including phenoxy) is 1. The molecule has 4 heteroatoms. The van der Waals surface area contributed by atoms with Crippen LogP contribution in [-0.2, 0) is 16.0 Å². The van der Waals surface area contributed by atoms with Gasteiger partial charge in [0, 0.05) is 38.6 Å². The Morgan fingerprint density at radius 3 is 2.95 bits per heavy atom. The molecule has 0 radical (unpaired) electrons. The highest BCUT2D eigenvalue weighted by molar-refractivity contribution is 5.95. The SMILES string of the molecule is CCC(=O)c1cccc(C[C@H]2CC(=O)N(CCOC)C2)c1. The van der Waals surface area contributed by atoms with Gasteiger partial charge in [0.15, 0.2) is 5.78 Å². The van der Waals surface area contributed by atoms with Crippen molar-refractivity contribution in [1.29, 1.82) is 0 Å². The topological polar surface area (TPSA) is 46.6 Å². The minimum Gasteiger partial charge on any atom is -0.383 e. The predicted octanol–water partition coefficient (Wildman–Crippen LogP) is 2.32. The van der Waals surface area contributed by atoms with Gasteiger partial charge in [0.2, 0.25) is 5.91 Å². The Bertz CT molecular complexity index is 513. The van der Waals surface area contributed by atoms with Crippen molar-refractivity contribution in [3.8, 4) is 0 Å². The highest BCUT2D eigenvalue weighted by Gasteiger charge is 2.29. The molecular formula is C17H23NO3. The van der Waals surface area contributed by atoms with Crippen molar-refractivity contribution in [2.24, 2.45) is 5.92 Å². The van der Waals surface area contributed by atoms with E-state index in [0.717, 1.165) is 24.1 Å². The van der Waals surface area contributed by atoms with Gasteiger partial charge < -0.3 is 9.64 Å². The number of rotatable bonds is 7. The van der Waals surface area contributed by atoms with E-state index in [1.807, 2.05) is 36.1 Å². The van der Waals surface area contributed by atoms with E-state index < -0.39 is 0 Å². The van der Waals surface area contributed by atoms with Gasteiger partial charge in [-0.15, -0.1) is 0 Å². The van der Waals surface area contributed by atoms with Gasteiger partial charge in [-0.1, -0.05) is 25.1 Å². The molecule has 114 valence electrons. The minimum atomic E-state index is 0.168. The zero-order valence-electron chi connectivity index (χ0n) is 12.8. The van der Waals surface area contributed by atoms with Crippen LogP contribution in [0.5, 0.6) is 0 Å². The van der Waals surface area contributed by atoms with Gasteiger partial charge in [-0.25, -0.2) is 0 Å².